The van der Waals surface area contributed by atoms with Gasteiger partial charge in [0.25, 0.3) is 5.69 Å². The SMILES string of the molecule is CCOC(=O)Cc1cc(C#N)c([N+](=O)[O-])c(CBr)c1. The van der Waals surface area contributed by atoms with Crippen LogP contribution < -0.4 is 0 Å². The van der Waals surface area contributed by atoms with Gasteiger partial charge < -0.3 is 4.74 Å². The highest BCUT2D eigenvalue weighted by Gasteiger charge is 2.21. The molecule has 0 spiro atoms. The fourth-order valence-electron chi connectivity index (χ4n) is 1.64. The number of nitriles is 1. The topological polar surface area (TPSA) is 93.2 Å². The molecule has 0 radical (unpaired) electrons. The zero-order valence-electron chi connectivity index (χ0n) is 10.2. The Balaban J connectivity index is 3.21. The third-order valence-electron chi connectivity index (χ3n) is 2.35. The summed E-state index contributed by atoms with van der Waals surface area (Å²) in [5, 5.41) is 20.1. The number of rotatable bonds is 5. The molecule has 0 saturated carbocycles. The zero-order valence-corrected chi connectivity index (χ0v) is 11.8. The van der Waals surface area contributed by atoms with Crippen LogP contribution in [-0.2, 0) is 21.3 Å². The molecule has 19 heavy (non-hydrogen) atoms. The number of halogens is 1. The van der Waals surface area contributed by atoms with Crippen LogP contribution in [0.4, 0.5) is 5.69 Å². The summed E-state index contributed by atoms with van der Waals surface area (Å²) < 4.78 is 4.80. The van der Waals surface area contributed by atoms with Gasteiger partial charge in [0.05, 0.1) is 18.0 Å². The van der Waals surface area contributed by atoms with Gasteiger partial charge in [-0.25, -0.2) is 0 Å². The van der Waals surface area contributed by atoms with E-state index >= 15 is 0 Å². The van der Waals surface area contributed by atoms with E-state index in [0.29, 0.717) is 11.1 Å². The average Bonchev–Trinajstić information content (AvgIpc) is 2.37. The molecule has 0 atom stereocenters. The first-order valence-electron chi connectivity index (χ1n) is 5.45. The lowest BCUT2D eigenvalue weighted by Crippen LogP contribution is -2.09. The summed E-state index contributed by atoms with van der Waals surface area (Å²) in [7, 11) is 0. The number of nitrogens with zero attached hydrogens (tertiary/aromatic N) is 2. The largest absolute Gasteiger partial charge is 0.466 e. The third kappa shape index (κ3) is 3.76. The maximum absolute atomic E-state index is 11.4. The van der Waals surface area contributed by atoms with Gasteiger partial charge in [0, 0.05) is 10.9 Å². The lowest BCUT2D eigenvalue weighted by atomic mass is 10.0. The summed E-state index contributed by atoms with van der Waals surface area (Å²) in [5.41, 5.74) is 0.603. The smallest absolute Gasteiger partial charge is 0.310 e. The Morgan fingerprint density at radius 2 is 2.26 bits per heavy atom. The Hall–Kier alpha value is -1.94. The Morgan fingerprint density at radius 1 is 1.58 bits per heavy atom. The summed E-state index contributed by atoms with van der Waals surface area (Å²) in [6, 6.07) is 4.66. The molecule has 0 amide bonds. The molecule has 100 valence electrons. The molecule has 7 heteroatoms. The van der Waals surface area contributed by atoms with Gasteiger partial charge in [0.2, 0.25) is 0 Å². The number of alkyl halides is 1. The molecule has 0 aliphatic rings. The average molecular weight is 327 g/mol. The van der Waals surface area contributed by atoms with Gasteiger partial charge in [-0.15, -0.1) is 0 Å². The molecule has 1 rings (SSSR count). The molecule has 0 aliphatic carbocycles. The van der Waals surface area contributed by atoms with Crippen molar-refractivity contribution in [1.29, 1.82) is 5.26 Å². The molecule has 6 nitrogen and oxygen atoms in total. The number of hydrogen-bond donors (Lipinski definition) is 0. The van der Waals surface area contributed by atoms with Crippen LogP contribution in [0.5, 0.6) is 0 Å². The standard InChI is InChI=1S/C12H11BrN2O4/c1-2-19-11(16)5-8-3-9(6-13)12(15(17)18)10(4-8)7-14/h3-4H,2,5-6H2,1H3. The zero-order chi connectivity index (χ0) is 14.4. The Labute approximate surface area is 118 Å². The van der Waals surface area contributed by atoms with Crippen molar-refractivity contribution in [3.8, 4) is 6.07 Å². The second-order valence-electron chi connectivity index (χ2n) is 3.64. The van der Waals surface area contributed by atoms with Crippen molar-refractivity contribution in [2.75, 3.05) is 6.61 Å². The van der Waals surface area contributed by atoms with E-state index in [1.54, 1.807) is 13.0 Å². The Kier molecular flexibility index (Phi) is 5.45. The van der Waals surface area contributed by atoms with E-state index in [0.717, 1.165) is 0 Å². The van der Waals surface area contributed by atoms with E-state index in [4.69, 9.17) is 10.00 Å². The van der Waals surface area contributed by atoms with Crippen molar-refractivity contribution in [3.05, 3.63) is 38.9 Å². The Morgan fingerprint density at radius 3 is 2.74 bits per heavy atom. The van der Waals surface area contributed by atoms with Crippen LogP contribution in [-0.4, -0.2) is 17.5 Å². The molecule has 0 aliphatic heterocycles. The molecule has 0 saturated heterocycles. The lowest BCUT2D eigenvalue weighted by Gasteiger charge is -2.06. The maximum Gasteiger partial charge on any atom is 0.310 e. The van der Waals surface area contributed by atoms with Crippen molar-refractivity contribution in [2.45, 2.75) is 18.7 Å². The van der Waals surface area contributed by atoms with Gasteiger partial charge >= 0.3 is 5.97 Å². The minimum absolute atomic E-state index is 0.0134. The minimum Gasteiger partial charge on any atom is -0.466 e. The Bertz CT molecular complexity index is 551. The number of nitro groups is 1. The second-order valence-corrected chi connectivity index (χ2v) is 4.20. The second kappa shape index (κ2) is 6.85. The van der Waals surface area contributed by atoms with Gasteiger partial charge in [-0.05, 0) is 24.6 Å². The third-order valence-corrected chi connectivity index (χ3v) is 2.95. The predicted molar refractivity (Wildman–Crippen MR) is 70.8 cm³/mol. The van der Waals surface area contributed by atoms with Crippen molar-refractivity contribution < 1.29 is 14.5 Å². The number of carbonyl (C=O) groups is 1. The van der Waals surface area contributed by atoms with E-state index in [9.17, 15) is 14.9 Å². The van der Waals surface area contributed by atoms with E-state index in [2.05, 4.69) is 15.9 Å². The van der Waals surface area contributed by atoms with Crippen LogP contribution in [0.3, 0.4) is 0 Å². The molecular formula is C12H11BrN2O4. The van der Waals surface area contributed by atoms with Crippen LogP contribution in [0, 0.1) is 21.4 Å². The van der Waals surface area contributed by atoms with Gasteiger partial charge in [-0.3, -0.25) is 14.9 Å². The predicted octanol–water partition coefficient (Wildman–Crippen LogP) is 2.47. The first-order valence-corrected chi connectivity index (χ1v) is 6.57. The number of esters is 1. The van der Waals surface area contributed by atoms with E-state index in [1.807, 2.05) is 0 Å². The normalized spacial score (nSPS) is 9.74. The van der Waals surface area contributed by atoms with Crippen LogP contribution >= 0.6 is 15.9 Å². The van der Waals surface area contributed by atoms with E-state index in [1.165, 1.54) is 12.1 Å². The molecule has 0 bridgehead atoms. The first-order chi connectivity index (χ1) is 9.03. The lowest BCUT2D eigenvalue weighted by molar-refractivity contribution is -0.385. The van der Waals surface area contributed by atoms with Crippen LogP contribution in [0.2, 0.25) is 0 Å². The summed E-state index contributed by atoms with van der Waals surface area (Å²) in [5.74, 6) is -0.430. The maximum atomic E-state index is 11.4. The molecule has 0 N–H and O–H groups in total. The molecular weight excluding hydrogens is 316 g/mol. The molecule has 1 aromatic carbocycles. The summed E-state index contributed by atoms with van der Waals surface area (Å²) in [6.45, 7) is 1.96. The van der Waals surface area contributed by atoms with Crippen LogP contribution in [0.25, 0.3) is 0 Å². The van der Waals surface area contributed by atoms with Crippen molar-refractivity contribution in [3.63, 3.8) is 0 Å². The molecule has 0 aromatic heterocycles. The van der Waals surface area contributed by atoms with E-state index in [-0.39, 0.29) is 29.6 Å². The van der Waals surface area contributed by atoms with Gasteiger partial charge in [-0.1, -0.05) is 15.9 Å². The summed E-state index contributed by atoms with van der Waals surface area (Å²) >= 11 is 3.14. The van der Waals surface area contributed by atoms with Crippen LogP contribution in [0.1, 0.15) is 23.6 Å². The highest BCUT2D eigenvalue weighted by Crippen LogP contribution is 2.27. The highest BCUT2D eigenvalue weighted by molar-refractivity contribution is 9.08. The number of carbonyl (C=O) groups excluding carboxylic acids is 1. The summed E-state index contributed by atoms with van der Waals surface area (Å²) in [6.07, 6.45) is -0.0134. The van der Waals surface area contributed by atoms with Crippen molar-refractivity contribution in [1.82, 2.24) is 0 Å². The molecule has 0 heterocycles. The van der Waals surface area contributed by atoms with Crippen molar-refractivity contribution >= 4 is 27.6 Å². The number of benzene rings is 1. The molecule has 1 aromatic rings. The van der Waals surface area contributed by atoms with Crippen LogP contribution in [0.15, 0.2) is 12.1 Å². The van der Waals surface area contributed by atoms with Gasteiger partial charge in [0.15, 0.2) is 0 Å². The quantitative estimate of drug-likeness (QED) is 0.358. The fraction of sp³-hybridized carbons (Fsp3) is 0.333. The molecule has 0 fully saturated rings. The van der Waals surface area contributed by atoms with Gasteiger partial charge in [0.1, 0.15) is 11.6 Å². The summed E-state index contributed by atoms with van der Waals surface area (Å²) in [4.78, 5) is 21.7. The first kappa shape index (κ1) is 15.1. The number of ether oxygens (including phenoxy) is 1. The van der Waals surface area contributed by atoms with Gasteiger partial charge in [-0.2, -0.15) is 5.26 Å². The molecule has 0 unspecified atom stereocenters. The van der Waals surface area contributed by atoms with E-state index < -0.39 is 10.9 Å². The number of hydrogen-bond acceptors (Lipinski definition) is 5. The fourth-order valence-corrected chi connectivity index (χ4v) is 2.07. The minimum atomic E-state index is -0.594. The highest BCUT2D eigenvalue weighted by atomic mass is 79.9. The number of nitro benzene ring substituents is 1. The van der Waals surface area contributed by atoms with Crippen molar-refractivity contribution in [2.24, 2.45) is 0 Å². The monoisotopic (exact) mass is 326 g/mol.